The van der Waals surface area contributed by atoms with Gasteiger partial charge in [0.05, 0.1) is 6.61 Å². The molecule has 6 heteroatoms. The molecule has 0 bridgehead atoms. The normalized spacial score (nSPS) is 22.6. The second-order valence-corrected chi connectivity index (χ2v) is 5.96. The zero-order valence-electron chi connectivity index (χ0n) is 12.1. The van der Waals surface area contributed by atoms with Crippen LogP contribution in [0.15, 0.2) is 5.38 Å². The summed E-state index contributed by atoms with van der Waals surface area (Å²) in [5, 5.41) is 1.88. The van der Waals surface area contributed by atoms with Gasteiger partial charge in [-0.25, -0.2) is 9.78 Å². The highest BCUT2D eigenvalue weighted by atomic mass is 32.1. The minimum atomic E-state index is -0.462. The number of thiazole rings is 1. The van der Waals surface area contributed by atoms with Crippen molar-refractivity contribution in [2.45, 2.75) is 52.1 Å². The summed E-state index contributed by atoms with van der Waals surface area (Å²) in [6.07, 6.45) is 3.19. The number of likely N-dealkylation sites (tertiary alicyclic amines) is 1. The molecule has 1 aromatic heterocycles. The fourth-order valence-electron chi connectivity index (χ4n) is 2.61. The summed E-state index contributed by atoms with van der Waals surface area (Å²) in [5.74, 6) is -0.548. The summed E-state index contributed by atoms with van der Waals surface area (Å²) in [6, 6.07) is 0.443. The minimum absolute atomic E-state index is 0.0866. The molecule has 1 aliphatic rings. The summed E-state index contributed by atoms with van der Waals surface area (Å²) < 4.78 is 4.89. The van der Waals surface area contributed by atoms with Crippen molar-refractivity contribution in [3.8, 4) is 0 Å². The number of aromatic nitrogens is 1. The highest BCUT2D eigenvalue weighted by molar-refractivity contribution is 7.11. The van der Waals surface area contributed by atoms with Crippen LogP contribution in [0.4, 0.5) is 0 Å². The van der Waals surface area contributed by atoms with Gasteiger partial charge in [0.2, 0.25) is 5.01 Å². The summed E-state index contributed by atoms with van der Waals surface area (Å²) in [4.78, 5) is 30.1. The lowest BCUT2D eigenvalue weighted by molar-refractivity contribution is 0.0504. The molecule has 0 N–H and O–H groups in total. The Morgan fingerprint density at radius 3 is 2.65 bits per heavy atom. The standard InChI is InChI=1S/C14H20N2O3S/c1-4-19-14(18)12-15-11(8-20-12)13(17)16-9(2)6-5-7-10(16)3/h8-10H,4-7H2,1-3H3/t9-,10+. The fraction of sp³-hybridized carbons (Fsp3) is 0.643. The minimum Gasteiger partial charge on any atom is -0.461 e. The molecule has 0 spiro atoms. The third-order valence-electron chi connectivity index (χ3n) is 3.60. The number of nitrogens with zero attached hydrogens (tertiary/aromatic N) is 2. The smallest absolute Gasteiger partial charge is 0.367 e. The first-order chi connectivity index (χ1) is 9.54. The quantitative estimate of drug-likeness (QED) is 0.805. The zero-order chi connectivity index (χ0) is 14.7. The Kier molecular flexibility index (Phi) is 4.75. The lowest BCUT2D eigenvalue weighted by Gasteiger charge is -2.38. The first-order valence-electron chi connectivity index (χ1n) is 7.00. The number of hydrogen-bond donors (Lipinski definition) is 0. The number of carbonyl (C=O) groups excluding carboxylic acids is 2. The van der Waals surface area contributed by atoms with Gasteiger partial charge >= 0.3 is 5.97 Å². The second-order valence-electron chi connectivity index (χ2n) is 5.10. The van der Waals surface area contributed by atoms with E-state index in [9.17, 15) is 9.59 Å². The number of hydrogen-bond acceptors (Lipinski definition) is 5. The van der Waals surface area contributed by atoms with Crippen molar-refractivity contribution in [1.29, 1.82) is 0 Å². The molecule has 1 amide bonds. The molecule has 2 rings (SSSR count). The van der Waals surface area contributed by atoms with E-state index in [4.69, 9.17) is 4.74 Å². The lowest BCUT2D eigenvalue weighted by Crippen LogP contribution is -2.47. The van der Waals surface area contributed by atoms with Crippen molar-refractivity contribution in [2.75, 3.05) is 6.61 Å². The van der Waals surface area contributed by atoms with Crippen molar-refractivity contribution >= 4 is 23.2 Å². The molecule has 1 aliphatic heterocycles. The summed E-state index contributed by atoms with van der Waals surface area (Å²) in [6.45, 7) is 6.18. The van der Waals surface area contributed by atoms with Crippen LogP contribution in [-0.2, 0) is 4.74 Å². The van der Waals surface area contributed by atoms with Gasteiger partial charge in [0.15, 0.2) is 0 Å². The average Bonchev–Trinajstić information content (AvgIpc) is 2.88. The SMILES string of the molecule is CCOC(=O)c1nc(C(=O)N2[C@H](C)CCC[C@@H]2C)cs1. The molecule has 1 aromatic rings. The number of amides is 1. The van der Waals surface area contributed by atoms with Gasteiger partial charge in [-0.3, -0.25) is 4.79 Å². The number of esters is 1. The third kappa shape index (κ3) is 3.00. The van der Waals surface area contributed by atoms with Gasteiger partial charge in [-0.05, 0) is 40.0 Å². The summed E-state index contributed by atoms with van der Waals surface area (Å²) in [5.41, 5.74) is 0.346. The van der Waals surface area contributed by atoms with E-state index in [-0.39, 0.29) is 23.0 Å². The van der Waals surface area contributed by atoms with Gasteiger partial charge in [0, 0.05) is 17.5 Å². The first-order valence-corrected chi connectivity index (χ1v) is 7.87. The monoisotopic (exact) mass is 296 g/mol. The van der Waals surface area contributed by atoms with Crippen LogP contribution in [0.3, 0.4) is 0 Å². The summed E-state index contributed by atoms with van der Waals surface area (Å²) in [7, 11) is 0. The van der Waals surface area contributed by atoms with Crippen LogP contribution in [0.2, 0.25) is 0 Å². The predicted molar refractivity (Wildman–Crippen MR) is 77.0 cm³/mol. The Balaban J connectivity index is 2.14. The Hall–Kier alpha value is -1.43. The molecule has 0 aliphatic carbocycles. The molecule has 0 radical (unpaired) electrons. The molecule has 5 nitrogen and oxygen atoms in total. The van der Waals surface area contributed by atoms with Gasteiger partial charge < -0.3 is 9.64 Å². The van der Waals surface area contributed by atoms with Crippen molar-refractivity contribution in [3.05, 3.63) is 16.1 Å². The fourth-order valence-corrected chi connectivity index (χ4v) is 3.30. The largest absolute Gasteiger partial charge is 0.461 e. The highest BCUT2D eigenvalue weighted by Crippen LogP contribution is 2.25. The van der Waals surface area contributed by atoms with Crippen LogP contribution >= 0.6 is 11.3 Å². The van der Waals surface area contributed by atoms with E-state index >= 15 is 0 Å². The number of piperidine rings is 1. The van der Waals surface area contributed by atoms with Gasteiger partial charge in [-0.2, -0.15) is 0 Å². The number of carbonyl (C=O) groups is 2. The summed E-state index contributed by atoms with van der Waals surface area (Å²) >= 11 is 1.16. The van der Waals surface area contributed by atoms with Gasteiger partial charge in [0.1, 0.15) is 5.69 Å². The molecule has 2 atom stereocenters. The third-order valence-corrected chi connectivity index (χ3v) is 4.42. The molecule has 0 aromatic carbocycles. The van der Waals surface area contributed by atoms with E-state index in [1.807, 2.05) is 4.90 Å². The maximum Gasteiger partial charge on any atom is 0.367 e. The molecule has 0 saturated carbocycles. The molecular weight excluding hydrogens is 276 g/mol. The second kappa shape index (κ2) is 6.35. The molecular formula is C14H20N2O3S. The number of ether oxygens (including phenoxy) is 1. The van der Waals surface area contributed by atoms with E-state index in [0.717, 1.165) is 30.6 Å². The van der Waals surface area contributed by atoms with Crippen LogP contribution < -0.4 is 0 Å². The topological polar surface area (TPSA) is 59.5 Å². The molecule has 20 heavy (non-hydrogen) atoms. The Morgan fingerprint density at radius 2 is 2.05 bits per heavy atom. The maximum absolute atomic E-state index is 12.5. The van der Waals surface area contributed by atoms with Crippen LogP contribution in [0.5, 0.6) is 0 Å². The van der Waals surface area contributed by atoms with Crippen molar-refractivity contribution in [1.82, 2.24) is 9.88 Å². The van der Waals surface area contributed by atoms with Crippen LogP contribution in [0, 0.1) is 0 Å². The van der Waals surface area contributed by atoms with Crippen LogP contribution in [-0.4, -0.2) is 40.5 Å². The Labute approximate surface area is 122 Å². The number of rotatable bonds is 3. The molecule has 1 saturated heterocycles. The van der Waals surface area contributed by atoms with Gasteiger partial charge in [0.25, 0.3) is 5.91 Å². The van der Waals surface area contributed by atoms with E-state index in [1.165, 1.54) is 0 Å². The van der Waals surface area contributed by atoms with E-state index in [2.05, 4.69) is 18.8 Å². The highest BCUT2D eigenvalue weighted by Gasteiger charge is 2.31. The van der Waals surface area contributed by atoms with Gasteiger partial charge in [-0.1, -0.05) is 0 Å². The lowest BCUT2D eigenvalue weighted by atomic mass is 9.97. The zero-order valence-corrected chi connectivity index (χ0v) is 12.9. The van der Waals surface area contributed by atoms with Gasteiger partial charge in [-0.15, -0.1) is 11.3 Å². The van der Waals surface area contributed by atoms with Crippen molar-refractivity contribution in [3.63, 3.8) is 0 Å². The average molecular weight is 296 g/mol. The maximum atomic E-state index is 12.5. The molecule has 110 valence electrons. The van der Waals surface area contributed by atoms with E-state index in [0.29, 0.717) is 12.3 Å². The van der Waals surface area contributed by atoms with Crippen LogP contribution in [0.25, 0.3) is 0 Å². The van der Waals surface area contributed by atoms with E-state index in [1.54, 1.807) is 12.3 Å². The first kappa shape index (κ1) is 15.0. The van der Waals surface area contributed by atoms with E-state index < -0.39 is 5.97 Å². The predicted octanol–water partition coefficient (Wildman–Crippen LogP) is 2.72. The van der Waals surface area contributed by atoms with Crippen molar-refractivity contribution in [2.24, 2.45) is 0 Å². The Morgan fingerprint density at radius 1 is 1.40 bits per heavy atom. The Bertz CT molecular complexity index is 490. The van der Waals surface area contributed by atoms with Crippen molar-refractivity contribution < 1.29 is 14.3 Å². The molecule has 1 fully saturated rings. The molecule has 2 heterocycles. The molecule has 0 unspecified atom stereocenters. The van der Waals surface area contributed by atoms with Crippen LogP contribution in [0.1, 0.15) is 60.3 Å².